The predicted molar refractivity (Wildman–Crippen MR) is 126 cm³/mol. The quantitative estimate of drug-likeness (QED) is 0.451. The van der Waals surface area contributed by atoms with E-state index in [1.54, 1.807) is 10.9 Å². The molecule has 0 spiro atoms. The molecule has 176 valence electrons. The van der Waals surface area contributed by atoms with Gasteiger partial charge in [-0.3, -0.25) is 4.68 Å². The third kappa shape index (κ3) is 5.97. The molecule has 0 amide bonds. The maximum Gasteiger partial charge on any atom is 0.126 e. The zero-order valence-corrected chi connectivity index (χ0v) is 19.2. The number of benzene rings is 2. The Bertz CT molecular complexity index is 1060. The number of aromatic nitrogens is 2. The van der Waals surface area contributed by atoms with Crippen molar-refractivity contribution in [2.45, 2.75) is 57.2 Å². The molecule has 1 aliphatic carbocycles. The molecule has 3 aromatic rings. The molecule has 3 atom stereocenters. The van der Waals surface area contributed by atoms with Gasteiger partial charge in [-0.1, -0.05) is 25.1 Å². The minimum atomic E-state index is -0.781. The summed E-state index contributed by atoms with van der Waals surface area (Å²) in [6.45, 7) is 2.51. The molecule has 0 aliphatic heterocycles. The molecule has 4 rings (SSSR count). The number of rotatable bonds is 9. The smallest absolute Gasteiger partial charge is 0.126 e. The monoisotopic (exact) mass is 454 g/mol. The summed E-state index contributed by atoms with van der Waals surface area (Å²) in [6, 6.07) is 9.91. The second-order valence-corrected chi connectivity index (χ2v) is 8.94. The number of fused-ring (bicyclic) bond motifs is 1. The molecule has 3 unspecified atom stereocenters. The Labute approximate surface area is 193 Å². The lowest BCUT2D eigenvalue weighted by atomic mass is 9.86. The summed E-state index contributed by atoms with van der Waals surface area (Å²) in [5.41, 5.74) is 5.23. The highest BCUT2D eigenvalue weighted by molar-refractivity contribution is 5.40. The number of aliphatic hydroxyl groups is 1. The van der Waals surface area contributed by atoms with E-state index >= 15 is 0 Å². The molecule has 3 N–H and O–H groups in total. The van der Waals surface area contributed by atoms with Gasteiger partial charge in [-0.2, -0.15) is 5.10 Å². The Morgan fingerprint density at radius 3 is 2.64 bits per heavy atom. The van der Waals surface area contributed by atoms with Crippen LogP contribution in [0.4, 0.5) is 14.5 Å². The van der Waals surface area contributed by atoms with Crippen molar-refractivity contribution in [2.24, 2.45) is 7.05 Å². The Morgan fingerprint density at radius 2 is 1.94 bits per heavy atom. The summed E-state index contributed by atoms with van der Waals surface area (Å²) in [7, 11) is 1.81. The van der Waals surface area contributed by atoms with E-state index in [2.05, 4.69) is 40.9 Å². The van der Waals surface area contributed by atoms with Crippen LogP contribution in [0, 0.1) is 11.6 Å². The molecule has 1 aromatic heterocycles. The number of hydrogen-bond acceptors (Lipinski definition) is 4. The Balaban J connectivity index is 1.49. The molecular formula is C26H32F2N4O. The summed E-state index contributed by atoms with van der Waals surface area (Å²) in [5.74, 6) is -1.24. The minimum Gasteiger partial charge on any atom is -0.390 e. The van der Waals surface area contributed by atoms with E-state index in [4.69, 9.17) is 0 Å². The van der Waals surface area contributed by atoms with Crippen molar-refractivity contribution in [3.8, 4) is 0 Å². The Hall–Kier alpha value is -2.77. The molecule has 2 aromatic carbocycles. The maximum absolute atomic E-state index is 13.8. The van der Waals surface area contributed by atoms with Gasteiger partial charge in [0, 0.05) is 31.9 Å². The van der Waals surface area contributed by atoms with Gasteiger partial charge in [0.25, 0.3) is 0 Å². The van der Waals surface area contributed by atoms with Gasteiger partial charge in [-0.05, 0) is 66.5 Å². The van der Waals surface area contributed by atoms with Gasteiger partial charge >= 0.3 is 0 Å². The van der Waals surface area contributed by atoms with E-state index in [1.165, 1.54) is 28.8 Å². The van der Waals surface area contributed by atoms with Crippen LogP contribution < -0.4 is 10.6 Å². The molecule has 0 saturated heterocycles. The Kier molecular flexibility index (Phi) is 7.40. The van der Waals surface area contributed by atoms with Crippen LogP contribution in [0.5, 0.6) is 0 Å². The van der Waals surface area contributed by atoms with Crippen molar-refractivity contribution in [3.63, 3.8) is 0 Å². The van der Waals surface area contributed by atoms with E-state index < -0.39 is 23.8 Å². The second kappa shape index (κ2) is 10.4. The van der Waals surface area contributed by atoms with Gasteiger partial charge < -0.3 is 15.7 Å². The molecule has 1 aliphatic rings. The van der Waals surface area contributed by atoms with Gasteiger partial charge in [-0.25, -0.2) is 8.78 Å². The summed E-state index contributed by atoms with van der Waals surface area (Å²) in [5, 5.41) is 22.1. The van der Waals surface area contributed by atoms with Gasteiger partial charge in [0.2, 0.25) is 0 Å². The van der Waals surface area contributed by atoms with E-state index in [0.717, 1.165) is 37.4 Å². The van der Waals surface area contributed by atoms with Crippen LogP contribution in [-0.2, 0) is 26.3 Å². The van der Waals surface area contributed by atoms with Crippen LogP contribution in [-0.4, -0.2) is 33.6 Å². The highest BCUT2D eigenvalue weighted by Crippen LogP contribution is 2.31. The van der Waals surface area contributed by atoms with E-state index in [9.17, 15) is 13.9 Å². The molecule has 5 nitrogen and oxygen atoms in total. The Morgan fingerprint density at radius 1 is 1.15 bits per heavy atom. The third-order valence-corrected chi connectivity index (χ3v) is 6.41. The first-order valence-corrected chi connectivity index (χ1v) is 11.6. The fraction of sp³-hybridized carbons (Fsp3) is 0.423. The fourth-order valence-corrected chi connectivity index (χ4v) is 4.66. The summed E-state index contributed by atoms with van der Waals surface area (Å²) >= 11 is 0. The number of anilines is 1. The lowest BCUT2D eigenvalue weighted by Crippen LogP contribution is -2.43. The van der Waals surface area contributed by atoms with Crippen molar-refractivity contribution >= 4 is 5.69 Å². The number of aryl methyl sites for hydroxylation is 3. The van der Waals surface area contributed by atoms with Crippen molar-refractivity contribution in [2.75, 3.05) is 11.9 Å². The molecule has 0 fully saturated rings. The van der Waals surface area contributed by atoms with Gasteiger partial charge in [0.1, 0.15) is 11.6 Å². The van der Waals surface area contributed by atoms with Crippen molar-refractivity contribution < 1.29 is 13.9 Å². The third-order valence-electron chi connectivity index (χ3n) is 6.41. The lowest BCUT2D eigenvalue weighted by Gasteiger charge is -2.30. The zero-order chi connectivity index (χ0) is 23.4. The molecule has 0 bridgehead atoms. The number of nitrogens with one attached hydrogen (secondary N) is 2. The van der Waals surface area contributed by atoms with Gasteiger partial charge in [0.05, 0.1) is 24.0 Å². The van der Waals surface area contributed by atoms with Crippen LogP contribution >= 0.6 is 0 Å². The van der Waals surface area contributed by atoms with E-state index in [0.29, 0.717) is 12.1 Å². The zero-order valence-electron chi connectivity index (χ0n) is 19.2. The normalized spacial score (nSPS) is 17.4. The number of hydrogen-bond donors (Lipinski definition) is 3. The SMILES string of the molecule is CCc1ccc2c(c1)C(NCC(O)C(Cc1cc(F)cc(F)c1)Nc1cnn(C)c1)CCC2. The average molecular weight is 455 g/mol. The lowest BCUT2D eigenvalue weighted by molar-refractivity contribution is 0.143. The number of nitrogens with zero attached hydrogens (tertiary/aromatic N) is 2. The van der Waals surface area contributed by atoms with Gasteiger partial charge in [-0.15, -0.1) is 0 Å². The van der Waals surface area contributed by atoms with Crippen LogP contribution in [0.2, 0.25) is 0 Å². The number of halogens is 2. The molecule has 1 heterocycles. The van der Waals surface area contributed by atoms with Crippen molar-refractivity contribution in [3.05, 3.63) is 82.7 Å². The first kappa shape index (κ1) is 23.4. The minimum absolute atomic E-state index is 0.181. The van der Waals surface area contributed by atoms with Crippen LogP contribution in [0.15, 0.2) is 48.8 Å². The first-order chi connectivity index (χ1) is 15.9. The van der Waals surface area contributed by atoms with Crippen LogP contribution in [0.3, 0.4) is 0 Å². The highest BCUT2D eigenvalue weighted by Gasteiger charge is 2.25. The van der Waals surface area contributed by atoms with Crippen molar-refractivity contribution in [1.82, 2.24) is 15.1 Å². The molecule has 0 saturated carbocycles. The average Bonchev–Trinajstić information content (AvgIpc) is 3.20. The topological polar surface area (TPSA) is 62.1 Å². The number of aliphatic hydroxyl groups excluding tert-OH is 1. The molecule has 0 radical (unpaired) electrons. The summed E-state index contributed by atoms with van der Waals surface area (Å²) in [4.78, 5) is 0. The largest absolute Gasteiger partial charge is 0.390 e. The summed E-state index contributed by atoms with van der Waals surface area (Å²) in [6.07, 6.45) is 7.16. The maximum atomic E-state index is 13.8. The fourth-order valence-electron chi connectivity index (χ4n) is 4.66. The van der Waals surface area contributed by atoms with E-state index in [-0.39, 0.29) is 12.5 Å². The van der Waals surface area contributed by atoms with Gasteiger partial charge in [0.15, 0.2) is 0 Å². The molecule has 7 heteroatoms. The highest BCUT2D eigenvalue weighted by atomic mass is 19.1. The molecule has 33 heavy (non-hydrogen) atoms. The van der Waals surface area contributed by atoms with Crippen LogP contribution in [0.25, 0.3) is 0 Å². The first-order valence-electron chi connectivity index (χ1n) is 11.6. The van der Waals surface area contributed by atoms with Crippen LogP contribution in [0.1, 0.15) is 48.1 Å². The predicted octanol–water partition coefficient (Wildman–Crippen LogP) is 4.31. The second-order valence-electron chi connectivity index (χ2n) is 8.94. The molecular weight excluding hydrogens is 422 g/mol. The standard InChI is InChI=1S/C26H32F2N4O/c1-3-17-7-8-19-5-4-6-24(23(19)11-17)29-15-26(33)25(31-22-14-30-32(2)16-22)12-18-9-20(27)13-21(28)10-18/h7-11,13-14,16,24-26,29,31,33H,3-6,12,15H2,1-2H3. The summed E-state index contributed by atoms with van der Waals surface area (Å²) < 4.78 is 29.2. The van der Waals surface area contributed by atoms with E-state index in [1.807, 2.05) is 13.2 Å². The van der Waals surface area contributed by atoms with Crippen molar-refractivity contribution in [1.29, 1.82) is 0 Å².